The second-order valence-electron chi connectivity index (χ2n) is 5.01. The highest BCUT2D eigenvalue weighted by atomic mass is 19.1. The minimum atomic E-state index is -0.264. The predicted molar refractivity (Wildman–Crippen MR) is 66.7 cm³/mol. The maximum absolute atomic E-state index is 13.0. The molecule has 0 N–H and O–H groups in total. The van der Waals surface area contributed by atoms with Gasteiger partial charge in [-0.15, -0.1) is 0 Å². The van der Waals surface area contributed by atoms with E-state index in [1.165, 1.54) is 25.0 Å². The Kier molecular flexibility index (Phi) is 3.93. The van der Waals surface area contributed by atoms with Crippen LogP contribution < -0.4 is 0 Å². The van der Waals surface area contributed by atoms with E-state index in [4.69, 9.17) is 0 Å². The topological polar surface area (TPSA) is 17.1 Å². The third-order valence-corrected chi connectivity index (χ3v) is 3.68. The van der Waals surface area contributed by atoms with Gasteiger partial charge in [0.05, 0.1) is 0 Å². The van der Waals surface area contributed by atoms with Crippen LogP contribution in [0.4, 0.5) is 4.39 Å². The van der Waals surface area contributed by atoms with Crippen molar-refractivity contribution in [2.75, 3.05) is 0 Å². The van der Waals surface area contributed by atoms with Gasteiger partial charge in [0.25, 0.3) is 0 Å². The number of hydrogen-bond acceptors (Lipinski definition) is 1. The molecule has 2 heteroatoms. The SMILES string of the molecule is Cc1cc(F)ccc1C(=O)C1CCCCCC1. The lowest BCUT2D eigenvalue weighted by molar-refractivity contribution is 0.0907. The van der Waals surface area contributed by atoms with E-state index in [1.807, 2.05) is 6.92 Å². The van der Waals surface area contributed by atoms with Gasteiger partial charge < -0.3 is 0 Å². The van der Waals surface area contributed by atoms with Crippen molar-refractivity contribution in [2.24, 2.45) is 5.92 Å². The number of ketones is 1. The number of hydrogen-bond donors (Lipinski definition) is 0. The van der Waals surface area contributed by atoms with Crippen molar-refractivity contribution in [3.8, 4) is 0 Å². The van der Waals surface area contributed by atoms with Crippen LogP contribution in [0.25, 0.3) is 0 Å². The van der Waals surface area contributed by atoms with Gasteiger partial charge in [-0.3, -0.25) is 4.79 Å². The maximum atomic E-state index is 13.0. The van der Waals surface area contributed by atoms with Gasteiger partial charge in [-0.1, -0.05) is 25.7 Å². The van der Waals surface area contributed by atoms with Crippen molar-refractivity contribution in [2.45, 2.75) is 45.4 Å². The molecule has 1 aromatic carbocycles. The van der Waals surface area contributed by atoms with Crippen molar-refractivity contribution in [3.05, 3.63) is 35.1 Å². The summed E-state index contributed by atoms with van der Waals surface area (Å²) in [7, 11) is 0. The summed E-state index contributed by atoms with van der Waals surface area (Å²) in [6.45, 7) is 1.81. The fraction of sp³-hybridized carbons (Fsp3) is 0.533. The minimum absolute atomic E-state index is 0.154. The van der Waals surface area contributed by atoms with Gasteiger partial charge in [0.1, 0.15) is 5.82 Å². The predicted octanol–water partition coefficient (Wildman–Crippen LogP) is 4.29. The molecule has 0 amide bonds. The largest absolute Gasteiger partial charge is 0.294 e. The van der Waals surface area contributed by atoms with E-state index in [1.54, 1.807) is 6.07 Å². The third kappa shape index (κ3) is 2.93. The quantitative estimate of drug-likeness (QED) is 0.551. The first-order valence-corrected chi connectivity index (χ1v) is 6.49. The Morgan fingerprint density at radius 2 is 1.82 bits per heavy atom. The van der Waals surface area contributed by atoms with Gasteiger partial charge in [-0.25, -0.2) is 4.39 Å². The fourth-order valence-corrected chi connectivity index (χ4v) is 2.67. The molecule has 0 bridgehead atoms. The highest BCUT2D eigenvalue weighted by Crippen LogP contribution is 2.27. The number of rotatable bonds is 2. The van der Waals surface area contributed by atoms with Crippen LogP contribution in [-0.4, -0.2) is 5.78 Å². The normalized spacial score (nSPS) is 17.8. The maximum Gasteiger partial charge on any atom is 0.166 e. The summed E-state index contributed by atoms with van der Waals surface area (Å²) in [6.07, 6.45) is 6.77. The summed E-state index contributed by atoms with van der Waals surface area (Å²) in [6, 6.07) is 4.47. The Balaban J connectivity index is 2.17. The number of carbonyl (C=O) groups is 1. The van der Waals surface area contributed by atoms with Gasteiger partial charge >= 0.3 is 0 Å². The van der Waals surface area contributed by atoms with Crippen molar-refractivity contribution < 1.29 is 9.18 Å². The molecule has 0 unspecified atom stereocenters. The van der Waals surface area contributed by atoms with Crippen LogP contribution >= 0.6 is 0 Å². The number of Topliss-reactive ketones (excluding diaryl/α,β-unsaturated/α-hetero) is 1. The van der Waals surface area contributed by atoms with Gasteiger partial charge in [0.2, 0.25) is 0 Å². The van der Waals surface area contributed by atoms with E-state index in [9.17, 15) is 9.18 Å². The molecule has 0 heterocycles. The lowest BCUT2D eigenvalue weighted by Crippen LogP contribution is -2.15. The summed E-state index contributed by atoms with van der Waals surface area (Å²) >= 11 is 0. The highest BCUT2D eigenvalue weighted by Gasteiger charge is 2.22. The number of carbonyl (C=O) groups excluding carboxylic acids is 1. The van der Waals surface area contributed by atoms with Crippen LogP contribution in [0.15, 0.2) is 18.2 Å². The smallest absolute Gasteiger partial charge is 0.166 e. The average Bonchev–Trinajstić information content (AvgIpc) is 2.56. The van der Waals surface area contributed by atoms with Gasteiger partial charge in [0.15, 0.2) is 5.78 Å². The van der Waals surface area contributed by atoms with E-state index >= 15 is 0 Å². The van der Waals surface area contributed by atoms with Crippen molar-refractivity contribution in [1.29, 1.82) is 0 Å². The molecule has 0 aliphatic heterocycles. The second-order valence-corrected chi connectivity index (χ2v) is 5.01. The zero-order valence-electron chi connectivity index (χ0n) is 10.3. The van der Waals surface area contributed by atoms with Gasteiger partial charge in [0, 0.05) is 11.5 Å². The van der Waals surface area contributed by atoms with Crippen molar-refractivity contribution in [1.82, 2.24) is 0 Å². The molecular formula is C15H19FO. The highest BCUT2D eigenvalue weighted by molar-refractivity contribution is 5.99. The molecule has 1 aliphatic carbocycles. The molecule has 0 atom stereocenters. The molecular weight excluding hydrogens is 215 g/mol. The van der Waals surface area contributed by atoms with Crippen molar-refractivity contribution >= 4 is 5.78 Å². The summed E-state index contributed by atoms with van der Waals surface area (Å²) < 4.78 is 13.0. The monoisotopic (exact) mass is 234 g/mol. The van der Waals surface area contributed by atoms with E-state index in [2.05, 4.69) is 0 Å². The lowest BCUT2D eigenvalue weighted by Gasteiger charge is -2.14. The molecule has 1 aromatic rings. The van der Waals surface area contributed by atoms with Crippen LogP contribution in [0.5, 0.6) is 0 Å². The van der Waals surface area contributed by atoms with E-state index in [0.29, 0.717) is 5.56 Å². The van der Waals surface area contributed by atoms with E-state index in [0.717, 1.165) is 31.2 Å². The first-order valence-electron chi connectivity index (χ1n) is 6.49. The molecule has 1 saturated carbocycles. The van der Waals surface area contributed by atoms with Crippen molar-refractivity contribution in [3.63, 3.8) is 0 Å². The Morgan fingerprint density at radius 1 is 1.18 bits per heavy atom. The molecule has 0 saturated heterocycles. The van der Waals surface area contributed by atoms with Crippen LogP contribution in [-0.2, 0) is 0 Å². The summed E-state index contributed by atoms with van der Waals surface area (Å²) in [5, 5.41) is 0. The number of aryl methyl sites for hydroxylation is 1. The van der Waals surface area contributed by atoms with E-state index in [-0.39, 0.29) is 17.5 Å². The molecule has 2 rings (SSSR count). The third-order valence-electron chi connectivity index (χ3n) is 3.68. The fourth-order valence-electron chi connectivity index (χ4n) is 2.67. The molecule has 92 valence electrons. The Hall–Kier alpha value is -1.18. The molecule has 1 aliphatic rings. The lowest BCUT2D eigenvalue weighted by atomic mass is 9.89. The second kappa shape index (κ2) is 5.44. The Morgan fingerprint density at radius 3 is 2.41 bits per heavy atom. The molecule has 17 heavy (non-hydrogen) atoms. The first kappa shape index (κ1) is 12.3. The summed E-state index contributed by atoms with van der Waals surface area (Å²) in [4.78, 5) is 12.4. The Labute approximate surface area is 102 Å². The van der Waals surface area contributed by atoms with Crippen LogP contribution in [0.3, 0.4) is 0 Å². The van der Waals surface area contributed by atoms with Crippen LogP contribution in [0.1, 0.15) is 54.4 Å². The zero-order chi connectivity index (χ0) is 12.3. The Bertz CT molecular complexity index is 403. The number of halogens is 1. The number of benzene rings is 1. The minimum Gasteiger partial charge on any atom is -0.294 e. The molecule has 0 spiro atoms. The first-order chi connectivity index (χ1) is 8.18. The molecule has 1 fully saturated rings. The summed E-state index contributed by atoms with van der Waals surface area (Å²) in [5.74, 6) is 0.103. The molecule has 0 aromatic heterocycles. The zero-order valence-corrected chi connectivity index (χ0v) is 10.3. The van der Waals surface area contributed by atoms with Crippen LogP contribution in [0, 0.1) is 18.7 Å². The van der Waals surface area contributed by atoms with Gasteiger partial charge in [-0.2, -0.15) is 0 Å². The van der Waals surface area contributed by atoms with Crippen LogP contribution in [0.2, 0.25) is 0 Å². The standard InChI is InChI=1S/C15H19FO/c1-11-10-13(16)8-9-14(11)15(17)12-6-4-2-3-5-7-12/h8-10,12H,2-7H2,1H3. The molecule has 0 radical (unpaired) electrons. The van der Waals surface area contributed by atoms with Gasteiger partial charge in [-0.05, 0) is 43.5 Å². The molecule has 1 nitrogen and oxygen atoms in total. The average molecular weight is 234 g/mol. The summed E-state index contributed by atoms with van der Waals surface area (Å²) in [5.41, 5.74) is 1.47. The van der Waals surface area contributed by atoms with E-state index < -0.39 is 0 Å².